The van der Waals surface area contributed by atoms with Gasteiger partial charge in [0.25, 0.3) is 0 Å². The highest BCUT2D eigenvalue weighted by molar-refractivity contribution is 9.10. The molecule has 1 aliphatic heterocycles. The number of aliphatic hydroxyl groups excluding tert-OH is 1. The van der Waals surface area contributed by atoms with Gasteiger partial charge in [0, 0.05) is 23.1 Å². The van der Waals surface area contributed by atoms with Crippen LogP contribution in [0, 0.1) is 11.7 Å². The van der Waals surface area contributed by atoms with E-state index in [1.54, 1.807) is 6.07 Å². The molecule has 17 heavy (non-hydrogen) atoms. The van der Waals surface area contributed by atoms with Gasteiger partial charge in [0.15, 0.2) is 0 Å². The second-order valence-electron chi connectivity index (χ2n) is 4.76. The summed E-state index contributed by atoms with van der Waals surface area (Å²) in [7, 11) is 0. The molecule has 2 atom stereocenters. The minimum atomic E-state index is -0.271. The number of benzene rings is 1. The molecule has 0 radical (unpaired) electrons. The number of aliphatic hydroxyl groups is 1. The Morgan fingerprint density at radius 3 is 3.00 bits per heavy atom. The number of likely N-dealkylation sites (tertiary alicyclic amines) is 1. The fourth-order valence-corrected chi connectivity index (χ4v) is 2.71. The van der Waals surface area contributed by atoms with Crippen molar-refractivity contribution in [2.75, 3.05) is 13.1 Å². The van der Waals surface area contributed by atoms with E-state index in [1.807, 2.05) is 13.0 Å². The molecule has 1 saturated heterocycles. The standard InChI is InChI=1S/C13H17BrFNO/c1-9(17)10-4-5-16(7-10)8-11-6-12(14)2-3-13(11)15/h2-3,6,9-10,17H,4-5,7-8H2,1H3. The molecule has 0 aromatic heterocycles. The van der Waals surface area contributed by atoms with Crippen molar-refractivity contribution < 1.29 is 9.50 Å². The highest BCUT2D eigenvalue weighted by Gasteiger charge is 2.26. The molecular weight excluding hydrogens is 285 g/mol. The van der Waals surface area contributed by atoms with E-state index in [0.717, 1.165) is 24.0 Å². The topological polar surface area (TPSA) is 23.5 Å². The van der Waals surface area contributed by atoms with Crippen LogP contribution < -0.4 is 0 Å². The number of nitrogens with zero attached hydrogens (tertiary/aromatic N) is 1. The van der Waals surface area contributed by atoms with Crippen LogP contribution >= 0.6 is 15.9 Å². The molecule has 1 fully saturated rings. The Kier molecular flexibility index (Phi) is 4.17. The molecule has 1 aromatic rings. The molecule has 94 valence electrons. The first kappa shape index (κ1) is 13.0. The lowest BCUT2D eigenvalue weighted by Crippen LogP contribution is -2.24. The highest BCUT2D eigenvalue weighted by Crippen LogP contribution is 2.23. The van der Waals surface area contributed by atoms with E-state index in [-0.39, 0.29) is 11.9 Å². The van der Waals surface area contributed by atoms with Crippen LogP contribution in [0.1, 0.15) is 18.9 Å². The van der Waals surface area contributed by atoms with E-state index in [4.69, 9.17) is 0 Å². The third kappa shape index (κ3) is 3.27. The summed E-state index contributed by atoms with van der Waals surface area (Å²) in [5.74, 6) is 0.166. The van der Waals surface area contributed by atoms with Crippen LogP contribution in [-0.2, 0) is 6.54 Å². The van der Waals surface area contributed by atoms with E-state index in [0.29, 0.717) is 18.0 Å². The summed E-state index contributed by atoms with van der Waals surface area (Å²) in [5.41, 5.74) is 0.714. The molecule has 0 saturated carbocycles. The van der Waals surface area contributed by atoms with Crippen molar-refractivity contribution in [1.82, 2.24) is 4.90 Å². The van der Waals surface area contributed by atoms with Gasteiger partial charge in [-0.2, -0.15) is 0 Å². The predicted octanol–water partition coefficient (Wildman–Crippen LogP) is 2.79. The molecule has 1 N–H and O–H groups in total. The van der Waals surface area contributed by atoms with Crippen molar-refractivity contribution in [3.63, 3.8) is 0 Å². The fraction of sp³-hybridized carbons (Fsp3) is 0.538. The maximum Gasteiger partial charge on any atom is 0.127 e. The fourth-order valence-electron chi connectivity index (χ4n) is 2.31. The van der Waals surface area contributed by atoms with Crippen LogP contribution in [0.25, 0.3) is 0 Å². The summed E-state index contributed by atoms with van der Waals surface area (Å²) in [6.07, 6.45) is 0.722. The molecule has 4 heteroatoms. The molecule has 2 rings (SSSR count). The maximum absolute atomic E-state index is 13.6. The van der Waals surface area contributed by atoms with Gasteiger partial charge in [0.1, 0.15) is 5.82 Å². The van der Waals surface area contributed by atoms with Crippen molar-refractivity contribution in [3.8, 4) is 0 Å². The summed E-state index contributed by atoms with van der Waals surface area (Å²) in [5, 5.41) is 9.53. The Morgan fingerprint density at radius 2 is 2.35 bits per heavy atom. The maximum atomic E-state index is 13.6. The molecule has 0 amide bonds. The Morgan fingerprint density at radius 1 is 1.59 bits per heavy atom. The van der Waals surface area contributed by atoms with Crippen LogP contribution in [0.5, 0.6) is 0 Å². The number of halogens is 2. The van der Waals surface area contributed by atoms with E-state index in [2.05, 4.69) is 20.8 Å². The minimum Gasteiger partial charge on any atom is -0.393 e. The Balaban J connectivity index is 2.00. The normalized spacial score (nSPS) is 22.9. The molecule has 0 bridgehead atoms. The zero-order chi connectivity index (χ0) is 12.4. The van der Waals surface area contributed by atoms with Crippen LogP contribution in [0.3, 0.4) is 0 Å². The van der Waals surface area contributed by atoms with Gasteiger partial charge >= 0.3 is 0 Å². The second-order valence-corrected chi connectivity index (χ2v) is 5.68. The SMILES string of the molecule is CC(O)C1CCN(Cc2cc(Br)ccc2F)C1. The largest absolute Gasteiger partial charge is 0.393 e. The van der Waals surface area contributed by atoms with E-state index < -0.39 is 0 Å². The minimum absolute atomic E-state index is 0.159. The van der Waals surface area contributed by atoms with Gasteiger partial charge in [-0.15, -0.1) is 0 Å². The first-order chi connectivity index (χ1) is 8.06. The molecular formula is C13H17BrFNO. The molecule has 0 spiro atoms. The third-order valence-corrected chi connectivity index (χ3v) is 3.89. The van der Waals surface area contributed by atoms with Crippen molar-refractivity contribution in [2.24, 2.45) is 5.92 Å². The first-order valence-corrected chi connectivity index (χ1v) is 6.70. The van der Waals surface area contributed by atoms with Gasteiger partial charge in [0.05, 0.1) is 6.10 Å². The summed E-state index contributed by atoms with van der Waals surface area (Å²) in [6, 6.07) is 5.02. The van der Waals surface area contributed by atoms with Crippen molar-refractivity contribution in [2.45, 2.75) is 26.0 Å². The van der Waals surface area contributed by atoms with Crippen molar-refractivity contribution in [1.29, 1.82) is 0 Å². The van der Waals surface area contributed by atoms with E-state index in [9.17, 15) is 9.50 Å². The van der Waals surface area contributed by atoms with E-state index in [1.165, 1.54) is 6.07 Å². The summed E-state index contributed by atoms with van der Waals surface area (Å²) >= 11 is 3.36. The molecule has 1 aromatic carbocycles. The smallest absolute Gasteiger partial charge is 0.127 e. The van der Waals surface area contributed by atoms with Crippen LogP contribution in [0.15, 0.2) is 22.7 Å². The summed E-state index contributed by atoms with van der Waals surface area (Å²) < 4.78 is 14.5. The number of hydrogen-bond acceptors (Lipinski definition) is 2. The lowest BCUT2D eigenvalue weighted by atomic mass is 10.0. The summed E-state index contributed by atoms with van der Waals surface area (Å²) in [6.45, 7) is 4.23. The zero-order valence-electron chi connectivity index (χ0n) is 9.87. The summed E-state index contributed by atoms with van der Waals surface area (Å²) in [4.78, 5) is 2.20. The van der Waals surface area contributed by atoms with Crippen LogP contribution in [0.2, 0.25) is 0 Å². The predicted molar refractivity (Wildman–Crippen MR) is 69.2 cm³/mol. The lowest BCUT2D eigenvalue weighted by molar-refractivity contribution is 0.127. The number of hydrogen-bond donors (Lipinski definition) is 1. The average Bonchev–Trinajstić information content (AvgIpc) is 2.72. The van der Waals surface area contributed by atoms with Gasteiger partial charge in [-0.05, 0) is 44.0 Å². The average molecular weight is 302 g/mol. The third-order valence-electron chi connectivity index (χ3n) is 3.39. The Labute approximate surface area is 110 Å². The molecule has 2 nitrogen and oxygen atoms in total. The van der Waals surface area contributed by atoms with Gasteiger partial charge in [0.2, 0.25) is 0 Å². The van der Waals surface area contributed by atoms with Gasteiger partial charge in [-0.3, -0.25) is 4.90 Å². The molecule has 1 aliphatic rings. The van der Waals surface area contributed by atoms with Gasteiger partial charge < -0.3 is 5.11 Å². The monoisotopic (exact) mass is 301 g/mol. The second kappa shape index (κ2) is 5.46. The van der Waals surface area contributed by atoms with Gasteiger partial charge in [-0.25, -0.2) is 4.39 Å². The molecule has 0 aliphatic carbocycles. The van der Waals surface area contributed by atoms with Gasteiger partial charge in [-0.1, -0.05) is 15.9 Å². The first-order valence-electron chi connectivity index (χ1n) is 5.90. The molecule has 1 heterocycles. The van der Waals surface area contributed by atoms with E-state index >= 15 is 0 Å². The Hall–Kier alpha value is -0.450. The highest BCUT2D eigenvalue weighted by atomic mass is 79.9. The Bertz CT molecular complexity index is 397. The van der Waals surface area contributed by atoms with Crippen molar-refractivity contribution >= 4 is 15.9 Å². The quantitative estimate of drug-likeness (QED) is 0.928. The zero-order valence-corrected chi connectivity index (χ0v) is 11.5. The van der Waals surface area contributed by atoms with Crippen molar-refractivity contribution in [3.05, 3.63) is 34.1 Å². The molecule has 2 unspecified atom stereocenters. The van der Waals surface area contributed by atoms with Crippen LogP contribution in [0.4, 0.5) is 4.39 Å². The van der Waals surface area contributed by atoms with Crippen LogP contribution in [-0.4, -0.2) is 29.2 Å². The number of rotatable bonds is 3. The lowest BCUT2D eigenvalue weighted by Gasteiger charge is -2.17.